The van der Waals surface area contributed by atoms with Crippen molar-refractivity contribution in [3.8, 4) is 0 Å². The van der Waals surface area contributed by atoms with Gasteiger partial charge in [-0.15, -0.1) is 9.24 Å². The van der Waals surface area contributed by atoms with Crippen molar-refractivity contribution >= 4 is 47.7 Å². The maximum Gasteiger partial charge on any atom is 0.261 e. The normalized spacial score (nSPS) is 17.7. The van der Waals surface area contributed by atoms with Crippen LogP contribution in [0.1, 0.15) is 26.2 Å². The second kappa shape index (κ2) is 9.12. The Balaban J connectivity index is 0.000000229. The molecule has 7 heteroatoms. The van der Waals surface area contributed by atoms with Crippen molar-refractivity contribution in [3.63, 3.8) is 0 Å². The van der Waals surface area contributed by atoms with Crippen LogP contribution in [0.5, 0.6) is 0 Å². The maximum atomic E-state index is 12.0. The van der Waals surface area contributed by atoms with Crippen LogP contribution >= 0.6 is 36.8 Å². The number of fused-ring (bicyclic) bond motifs is 1. The molecule has 126 valence electrons. The molecule has 1 aromatic heterocycles. The van der Waals surface area contributed by atoms with Gasteiger partial charge in [0.2, 0.25) is 0 Å². The first kappa shape index (κ1) is 18.9. The second-order valence-electron chi connectivity index (χ2n) is 5.63. The zero-order valence-corrected chi connectivity index (χ0v) is 16.7. The van der Waals surface area contributed by atoms with E-state index in [4.69, 9.17) is 11.6 Å². The van der Waals surface area contributed by atoms with Crippen molar-refractivity contribution in [2.24, 2.45) is 0 Å². The summed E-state index contributed by atoms with van der Waals surface area (Å²) in [4.78, 5) is 16.3. The Morgan fingerprint density at radius 1 is 1.52 bits per heavy atom. The number of aromatic nitrogens is 2. The number of hydrogen-bond acceptors (Lipinski definition) is 3. The van der Waals surface area contributed by atoms with E-state index >= 15 is 0 Å². The number of benzene rings is 1. The number of halogens is 2. The zero-order chi connectivity index (χ0) is 16.8. The molecular weight excluding hydrogens is 397 g/mol. The van der Waals surface area contributed by atoms with Crippen LogP contribution in [0.25, 0.3) is 10.9 Å². The lowest BCUT2D eigenvalue weighted by molar-refractivity contribution is 0.531. The lowest BCUT2D eigenvalue weighted by Crippen LogP contribution is -2.29. The highest BCUT2D eigenvalue weighted by atomic mass is 79.9. The zero-order valence-electron chi connectivity index (χ0n) is 13.2. The summed E-state index contributed by atoms with van der Waals surface area (Å²) in [6, 6.07) is 3.41. The fourth-order valence-electron chi connectivity index (χ4n) is 2.43. The molecule has 0 saturated carbocycles. The third-order valence-electron chi connectivity index (χ3n) is 3.67. The summed E-state index contributed by atoms with van der Waals surface area (Å²) < 4.78 is 2.36. The molecule has 3 rings (SSSR count). The monoisotopic (exact) mass is 417 g/mol. The van der Waals surface area contributed by atoms with Crippen LogP contribution < -0.4 is 10.9 Å². The summed E-state index contributed by atoms with van der Waals surface area (Å²) in [6.45, 7) is 5.12. The van der Waals surface area contributed by atoms with Gasteiger partial charge in [0.1, 0.15) is 0 Å². The van der Waals surface area contributed by atoms with Crippen LogP contribution in [-0.2, 0) is 6.54 Å². The van der Waals surface area contributed by atoms with Gasteiger partial charge in [0.05, 0.1) is 22.3 Å². The van der Waals surface area contributed by atoms with Crippen LogP contribution in [0.15, 0.2) is 27.7 Å². The van der Waals surface area contributed by atoms with E-state index in [1.165, 1.54) is 25.9 Å². The molecule has 0 amide bonds. The Morgan fingerprint density at radius 2 is 2.30 bits per heavy atom. The van der Waals surface area contributed by atoms with Gasteiger partial charge in [-0.2, -0.15) is 0 Å². The number of aryl methyl sites for hydroxylation is 1. The van der Waals surface area contributed by atoms with Gasteiger partial charge >= 0.3 is 0 Å². The lowest BCUT2D eigenvalue weighted by atomic mass is 10.2. The SMILES string of the molecule is CCCn1cnc2cc(Br)c(Cl)cc2c1=O.PC1CCCNC1. The van der Waals surface area contributed by atoms with Crippen molar-refractivity contribution in [1.82, 2.24) is 14.9 Å². The Hall–Kier alpha value is -0.480. The molecule has 1 saturated heterocycles. The highest BCUT2D eigenvalue weighted by molar-refractivity contribution is 9.10. The molecule has 2 unspecified atom stereocenters. The minimum atomic E-state index is -0.0405. The van der Waals surface area contributed by atoms with Crippen molar-refractivity contribution in [2.45, 2.75) is 38.4 Å². The number of piperidine rings is 1. The summed E-state index contributed by atoms with van der Waals surface area (Å²) in [5, 5.41) is 4.40. The first-order valence-electron chi connectivity index (χ1n) is 7.83. The molecule has 0 radical (unpaired) electrons. The average molecular weight is 419 g/mol. The van der Waals surface area contributed by atoms with E-state index in [-0.39, 0.29) is 5.56 Å². The molecule has 1 N–H and O–H groups in total. The molecule has 0 spiro atoms. The average Bonchev–Trinajstić information content (AvgIpc) is 2.54. The molecular formula is C16H22BrClN3OP. The Labute approximate surface area is 152 Å². The molecule has 1 aromatic carbocycles. The maximum absolute atomic E-state index is 12.0. The van der Waals surface area contributed by atoms with Crippen LogP contribution in [-0.4, -0.2) is 28.3 Å². The van der Waals surface area contributed by atoms with Gasteiger partial charge in [0, 0.05) is 17.6 Å². The van der Waals surface area contributed by atoms with Gasteiger partial charge in [-0.05, 0) is 59.5 Å². The lowest BCUT2D eigenvalue weighted by Gasteiger charge is -2.17. The standard InChI is InChI=1S/C11H10BrClN2O.C5H12NP/c1-2-3-15-6-14-10-5-8(12)9(13)4-7(10)11(15)16;7-5-2-1-3-6-4-5/h4-6H,2-3H2,1H3;5-6H,1-4,7H2. The molecule has 0 aliphatic carbocycles. The molecule has 0 bridgehead atoms. The highest BCUT2D eigenvalue weighted by Gasteiger charge is 2.07. The Morgan fingerprint density at radius 3 is 2.87 bits per heavy atom. The molecule has 2 heterocycles. The molecule has 1 fully saturated rings. The van der Waals surface area contributed by atoms with Crippen LogP contribution in [0.3, 0.4) is 0 Å². The molecule has 4 nitrogen and oxygen atoms in total. The molecule has 23 heavy (non-hydrogen) atoms. The fourth-order valence-corrected chi connectivity index (χ4v) is 3.33. The van der Waals surface area contributed by atoms with E-state index in [0.29, 0.717) is 22.5 Å². The van der Waals surface area contributed by atoms with Gasteiger partial charge in [-0.3, -0.25) is 9.36 Å². The molecule has 2 atom stereocenters. The second-order valence-corrected chi connectivity index (χ2v) is 7.84. The van der Waals surface area contributed by atoms with E-state index in [0.717, 1.165) is 16.6 Å². The van der Waals surface area contributed by atoms with Crippen LogP contribution in [0.4, 0.5) is 0 Å². The molecule has 2 aromatic rings. The summed E-state index contributed by atoms with van der Waals surface area (Å²) in [5.41, 5.74) is 1.46. The van der Waals surface area contributed by atoms with Crippen molar-refractivity contribution < 1.29 is 0 Å². The van der Waals surface area contributed by atoms with E-state index in [1.54, 1.807) is 23.0 Å². The molecule has 1 aliphatic rings. The number of rotatable bonds is 2. The minimum Gasteiger partial charge on any atom is -0.316 e. The minimum absolute atomic E-state index is 0.0405. The quantitative estimate of drug-likeness (QED) is 0.754. The van der Waals surface area contributed by atoms with E-state index in [9.17, 15) is 4.79 Å². The third kappa shape index (κ3) is 5.25. The summed E-state index contributed by atoms with van der Waals surface area (Å²) >= 11 is 9.28. The van der Waals surface area contributed by atoms with Gasteiger partial charge < -0.3 is 5.32 Å². The largest absolute Gasteiger partial charge is 0.316 e. The van der Waals surface area contributed by atoms with Crippen LogP contribution in [0.2, 0.25) is 5.02 Å². The number of nitrogens with one attached hydrogen (secondary N) is 1. The van der Waals surface area contributed by atoms with E-state index in [2.05, 4.69) is 35.5 Å². The Bertz CT molecular complexity index is 716. The first-order chi connectivity index (χ1) is 11.0. The number of hydrogen-bond donors (Lipinski definition) is 1. The predicted molar refractivity (Wildman–Crippen MR) is 105 cm³/mol. The number of nitrogens with zero attached hydrogens (tertiary/aromatic N) is 2. The van der Waals surface area contributed by atoms with Gasteiger partial charge in [-0.25, -0.2) is 4.98 Å². The van der Waals surface area contributed by atoms with Crippen LogP contribution in [0, 0.1) is 0 Å². The van der Waals surface area contributed by atoms with Crippen molar-refractivity contribution in [3.05, 3.63) is 38.3 Å². The van der Waals surface area contributed by atoms with E-state index in [1.807, 2.05) is 6.92 Å². The summed E-state index contributed by atoms with van der Waals surface area (Å²) in [5.74, 6) is 0. The van der Waals surface area contributed by atoms with Gasteiger partial charge in [0.15, 0.2) is 0 Å². The van der Waals surface area contributed by atoms with Gasteiger partial charge in [0.25, 0.3) is 5.56 Å². The summed E-state index contributed by atoms with van der Waals surface area (Å²) in [7, 11) is 2.84. The first-order valence-corrected chi connectivity index (χ1v) is 9.67. The fraction of sp³-hybridized carbons (Fsp3) is 0.500. The predicted octanol–water partition coefficient (Wildman–Crippen LogP) is 3.84. The van der Waals surface area contributed by atoms with Crippen molar-refractivity contribution in [2.75, 3.05) is 13.1 Å². The smallest absolute Gasteiger partial charge is 0.261 e. The summed E-state index contributed by atoms with van der Waals surface area (Å²) in [6.07, 6.45) is 5.22. The molecule has 1 aliphatic heterocycles. The van der Waals surface area contributed by atoms with E-state index < -0.39 is 0 Å². The third-order valence-corrected chi connectivity index (χ3v) is 5.43. The topological polar surface area (TPSA) is 46.9 Å². The highest BCUT2D eigenvalue weighted by Crippen LogP contribution is 2.25. The van der Waals surface area contributed by atoms with Gasteiger partial charge in [-0.1, -0.05) is 18.5 Å². The van der Waals surface area contributed by atoms with Crippen molar-refractivity contribution in [1.29, 1.82) is 0 Å². The Kier molecular flexibility index (Phi) is 7.48.